The summed E-state index contributed by atoms with van der Waals surface area (Å²) < 4.78 is 0. The summed E-state index contributed by atoms with van der Waals surface area (Å²) in [5.74, 6) is 0.288. The number of amides is 1. The number of hydrogen-bond donors (Lipinski definition) is 2. The molecule has 29 heavy (non-hydrogen) atoms. The maximum Gasteiger partial charge on any atom is 0.219 e. The third kappa shape index (κ3) is 4.16. The van der Waals surface area contributed by atoms with Crippen molar-refractivity contribution in [2.24, 2.45) is 4.99 Å². The minimum Gasteiger partial charge on any atom is -0.507 e. The standard InChI is InChI=1S/C23H26ClN3O2/c1-15-3-5-17(6-4-15)20-14-21(19-13-18(24)7-8-22(19)29)26-23(25-20)9-11-27(12-10-23)16(2)28/h3-8,13,20,25,29H,9-12,14H2,1-2H3. The molecule has 2 heterocycles. The first-order chi connectivity index (χ1) is 13.8. The van der Waals surface area contributed by atoms with Crippen molar-refractivity contribution in [1.29, 1.82) is 0 Å². The third-order valence-electron chi connectivity index (χ3n) is 5.97. The van der Waals surface area contributed by atoms with Crippen molar-refractivity contribution in [3.63, 3.8) is 0 Å². The largest absolute Gasteiger partial charge is 0.507 e. The second-order valence-corrected chi connectivity index (χ2v) is 8.51. The van der Waals surface area contributed by atoms with Gasteiger partial charge in [-0.1, -0.05) is 41.4 Å². The molecular weight excluding hydrogens is 386 g/mol. The predicted molar refractivity (Wildman–Crippen MR) is 116 cm³/mol. The number of aromatic hydroxyl groups is 1. The maximum atomic E-state index is 11.8. The van der Waals surface area contributed by atoms with Crippen LogP contribution in [0.25, 0.3) is 0 Å². The van der Waals surface area contributed by atoms with Gasteiger partial charge in [0.2, 0.25) is 5.91 Å². The van der Waals surface area contributed by atoms with Crippen molar-refractivity contribution in [2.45, 2.75) is 44.8 Å². The highest BCUT2D eigenvalue weighted by molar-refractivity contribution is 6.31. The Labute approximate surface area is 176 Å². The number of carbonyl (C=O) groups excluding carboxylic acids is 1. The Hall–Kier alpha value is -2.37. The van der Waals surface area contributed by atoms with Crippen LogP contribution < -0.4 is 5.32 Å². The molecule has 2 aliphatic heterocycles. The molecule has 1 spiro atoms. The average molecular weight is 412 g/mol. The molecule has 0 aliphatic carbocycles. The highest BCUT2D eigenvalue weighted by Gasteiger charge is 2.40. The van der Waals surface area contributed by atoms with E-state index < -0.39 is 5.66 Å². The lowest BCUT2D eigenvalue weighted by Gasteiger charge is -2.45. The number of phenolic OH excluding ortho intramolecular Hbond substituents is 1. The van der Waals surface area contributed by atoms with E-state index in [0.717, 1.165) is 18.6 Å². The number of nitrogens with zero attached hydrogens (tertiary/aromatic N) is 2. The van der Waals surface area contributed by atoms with Crippen LogP contribution in [0.2, 0.25) is 5.02 Å². The molecule has 152 valence electrons. The highest BCUT2D eigenvalue weighted by atomic mass is 35.5. The van der Waals surface area contributed by atoms with Crippen molar-refractivity contribution >= 4 is 23.2 Å². The molecular formula is C23H26ClN3O2. The average Bonchev–Trinajstić information content (AvgIpc) is 2.70. The molecule has 4 rings (SSSR count). The summed E-state index contributed by atoms with van der Waals surface area (Å²) in [6, 6.07) is 13.7. The van der Waals surface area contributed by atoms with Gasteiger partial charge in [0.05, 0.1) is 0 Å². The molecule has 2 aromatic carbocycles. The molecule has 1 unspecified atom stereocenters. The number of carbonyl (C=O) groups is 1. The summed E-state index contributed by atoms with van der Waals surface area (Å²) >= 11 is 6.21. The van der Waals surface area contributed by atoms with Crippen molar-refractivity contribution in [1.82, 2.24) is 10.2 Å². The van der Waals surface area contributed by atoms with Crippen molar-refractivity contribution < 1.29 is 9.90 Å². The summed E-state index contributed by atoms with van der Waals surface area (Å²) in [6.07, 6.45) is 2.13. The summed E-state index contributed by atoms with van der Waals surface area (Å²) in [6.45, 7) is 5.02. The van der Waals surface area contributed by atoms with Gasteiger partial charge in [-0.2, -0.15) is 0 Å². The van der Waals surface area contributed by atoms with Crippen LogP contribution in [-0.4, -0.2) is 40.4 Å². The molecule has 1 saturated heterocycles. The monoisotopic (exact) mass is 411 g/mol. The lowest BCUT2D eigenvalue weighted by Crippen LogP contribution is -2.56. The fourth-order valence-electron chi connectivity index (χ4n) is 4.26. The Balaban J connectivity index is 1.72. The molecule has 2 N–H and O–H groups in total. The van der Waals surface area contributed by atoms with Gasteiger partial charge in [0.15, 0.2) is 0 Å². The Morgan fingerprint density at radius 1 is 1.21 bits per heavy atom. The molecule has 1 fully saturated rings. The summed E-state index contributed by atoms with van der Waals surface area (Å²) in [5.41, 5.74) is 3.49. The van der Waals surface area contributed by atoms with Crippen molar-refractivity contribution in [3.8, 4) is 5.75 Å². The Bertz CT molecular complexity index is 947. The van der Waals surface area contributed by atoms with Gasteiger partial charge in [0.25, 0.3) is 0 Å². The fourth-order valence-corrected chi connectivity index (χ4v) is 4.43. The number of piperidine rings is 1. The van der Waals surface area contributed by atoms with Gasteiger partial charge in [-0.25, -0.2) is 0 Å². The van der Waals surface area contributed by atoms with Gasteiger partial charge in [0, 0.05) is 61.6 Å². The molecule has 1 atom stereocenters. The van der Waals surface area contributed by atoms with Crippen LogP contribution >= 0.6 is 11.6 Å². The molecule has 0 saturated carbocycles. The summed E-state index contributed by atoms with van der Waals surface area (Å²) in [4.78, 5) is 18.7. The molecule has 2 aliphatic rings. The first-order valence-electron chi connectivity index (χ1n) is 10.0. The number of nitrogens with one attached hydrogen (secondary N) is 1. The first-order valence-corrected chi connectivity index (χ1v) is 10.4. The van der Waals surface area contributed by atoms with Crippen molar-refractivity contribution in [2.75, 3.05) is 13.1 Å². The second-order valence-electron chi connectivity index (χ2n) is 8.07. The zero-order valence-electron chi connectivity index (χ0n) is 16.8. The predicted octanol–water partition coefficient (Wildman–Crippen LogP) is 4.22. The molecule has 6 heteroatoms. The number of hydrogen-bond acceptors (Lipinski definition) is 4. The minimum absolute atomic E-state index is 0.0744. The van der Waals surface area contributed by atoms with Gasteiger partial charge < -0.3 is 10.0 Å². The Morgan fingerprint density at radius 2 is 1.90 bits per heavy atom. The van der Waals surface area contributed by atoms with Gasteiger partial charge >= 0.3 is 0 Å². The zero-order chi connectivity index (χ0) is 20.6. The van der Waals surface area contributed by atoms with Crippen LogP contribution in [0.3, 0.4) is 0 Å². The topological polar surface area (TPSA) is 64.9 Å². The third-order valence-corrected chi connectivity index (χ3v) is 6.21. The molecule has 1 amide bonds. The number of aryl methyl sites for hydroxylation is 1. The SMILES string of the molecule is CC(=O)N1CCC2(CC1)N=C(c1cc(Cl)ccc1O)CC(c1ccc(C)cc1)N2. The van der Waals surface area contributed by atoms with Gasteiger partial charge in [-0.15, -0.1) is 0 Å². The van der Waals surface area contributed by atoms with E-state index in [0.29, 0.717) is 30.1 Å². The van der Waals surface area contributed by atoms with Gasteiger partial charge in [-0.05, 0) is 30.7 Å². The smallest absolute Gasteiger partial charge is 0.219 e. The second kappa shape index (κ2) is 7.81. The van der Waals surface area contributed by atoms with Gasteiger partial charge in [0.1, 0.15) is 11.4 Å². The van der Waals surface area contributed by atoms with Crippen LogP contribution in [0.1, 0.15) is 48.9 Å². The fraction of sp³-hybridized carbons (Fsp3) is 0.391. The van der Waals surface area contributed by atoms with E-state index in [1.54, 1.807) is 25.1 Å². The summed E-state index contributed by atoms with van der Waals surface area (Å²) in [5, 5.41) is 14.8. The van der Waals surface area contributed by atoms with E-state index in [9.17, 15) is 9.90 Å². The molecule has 0 bridgehead atoms. The van der Waals surface area contributed by atoms with E-state index >= 15 is 0 Å². The lowest BCUT2D eigenvalue weighted by molar-refractivity contribution is -0.130. The van der Waals surface area contributed by atoms with Crippen molar-refractivity contribution in [3.05, 3.63) is 64.2 Å². The van der Waals surface area contributed by atoms with Gasteiger partial charge in [-0.3, -0.25) is 15.1 Å². The van der Waals surface area contributed by atoms with E-state index in [1.807, 2.05) is 4.90 Å². The number of likely N-dealkylation sites (tertiary alicyclic amines) is 1. The maximum absolute atomic E-state index is 11.8. The number of phenols is 1. The van der Waals surface area contributed by atoms with E-state index in [2.05, 4.69) is 36.5 Å². The zero-order valence-corrected chi connectivity index (χ0v) is 17.5. The van der Waals surface area contributed by atoms with E-state index in [-0.39, 0.29) is 17.7 Å². The normalized spacial score (nSPS) is 21.1. The Kier molecular flexibility index (Phi) is 5.36. The first kappa shape index (κ1) is 19.9. The number of halogens is 1. The number of rotatable bonds is 2. The highest BCUT2D eigenvalue weighted by Crippen LogP contribution is 2.37. The van der Waals surface area contributed by atoms with Crippen LogP contribution in [0.15, 0.2) is 47.5 Å². The van der Waals surface area contributed by atoms with E-state index in [4.69, 9.17) is 16.6 Å². The number of benzene rings is 2. The number of aliphatic imine (C=N–C) groups is 1. The van der Waals surface area contributed by atoms with Crippen LogP contribution in [0.5, 0.6) is 5.75 Å². The van der Waals surface area contributed by atoms with Crippen LogP contribution in [0, 0.1) is 6.92 Å². The quantitative estimate of drug-likeness (QED) is 0.777. The lowest BCUT2D eigenvalue weighted by atomic mass is 9.87. The summed E-state index contributed by atoms with van der Waals surface area (Å²) in [7, 11) is 0. The molecule has 0 aromatic heterocycles. The molecule has 5 nitrogen and oxygen atoms in total. The minimum atomic E-state index is -0.455. The van der Waals surface area contributed by atoms with Crippen LogP contribution in [0.4, 0.5) is 0 Å². The van der Waals surface area contributed by atoms with Crippen LogP contribution in [-0.2, 0) is 4.79 Å². The molecule has 0 radical (unpaired) electrons. The van der Waals surface area contributed by atoms with E-state index in [1.165, 1.54) is 11.1 Å². The molecule has 2 aromatic rings. The Morgan fingerprint density at radius 3 is 2.55 bits per heavy atom.